The lowest BCUT2D eigenvalue weighted by molar-refractivity contribution is -0.139. The molecule has 186 valence electrons. The Labute approximate surface area is 211 Å². The zero-order chi connectivity index (χ0) is 25.7. The molecule has 0 radical (unpaired) electrons. The fourth-order valence-corrected chi connectivity index (χ4v) is 4.31. The van der Waals surface area contributed by atoms with Gasteiger partial charge in [-0.15, -0.1) is 0 Å². The Morgan fingerprint density at radius 1 is 0.917 bits per heavy atom. The second-order valence-electron chi connectivity index (χ2n) is 8.87. The van der Waals surface area contributed by atoms with Crippen LogP contribution in [0.2, 0.25) is 0 Å². The summed E-state index contributed by atoms with van der Waals surface area (Å²) in [6.07, 6.45) is 0.677. The number of ketones is 1. The van der Waals surface area contributed by atoms with Crippen molar-refractivity contribution < 1.29 is 24.2 Å². The third-order valence-electron chi connectivity index (χ3n) is 6.04. The molecule has 0 spiro atoms. The second-order valence-corrected chi connectivity index (χ2v) is 8.87. The van der Waals surface area contributed by atoms with Gasteiger partial charge in [-0.3, -0.25) is 9.59 Å². The maximum absolute atomic E-state index is 13.3. The van der Waals surface area contributed by atoms with Gasteiger partial charge in [0, 0.05) is 12.1 Å². The zero-order valence-corrected chi connectivity index (χ0v) is 20.7. The average Bonchev–Trinajstić information content (AvgIpc) is 3.14. The molecule has 1 heterocycles. The molecule has 7 heteroatoms. The summed E-state index contributed by atoms with van der Waals surface area (Å²) in [5.41, 5.74) is 1.13. The molecule has 0 aromatic heterocycles. The summed E-state index contributed by atoms with van der Waals surface area (Å²) >= 11 is 0. The average molecular weight is 487 g/mol. The van der Waals surface area contributed by atoms with Crippen LogP contribution in [0.1, 0.15) is 23.6 Å². The molecule has 1 saturated heterocycles. The van der Waals surface area contributed by atoms with E-state index in [0.717, 1.165) is 6.54 Å². The maximum atomic E-state index is 13.3. The number of hydrogen-bond donors (Lipinski definition) is 1. The SMILES string of the molecule is COc1cccc(/C(O)=C2\C(=O)C(=O)N(CCCN(C)C)C2c2cccc(Oc3ccccc3)c2)c1. The highest BCUT2D eigenvalue weighted by atomic mass is 16.5. The Kier molecular flexibility index (Phi) is 7.71. The normalized spacial score (nSPS) is 17.0. The van der Waals surface area contributed by atoms with Crippen LogP contribution in [0.4, 0.5) is 0 Å². The molecule has 1 atom stereocenters. The highest BCUT2D eigenvalue weighted by Crippen LogP contribution is 2.41. The molecule has 1 N–H and O–H groups in total. The number of carbonyl (C=O) groups excluding carboxylic acids is 2. The van der Waals surface area contributed by atoms with Crippen molar-refractivity contribution in [2.75, 3.05) is 34.3 Å². The molecule has 3 aromatic rings. The van der Waals surface area contributed by atoms with Crippen LogP contribution in [-0.2, 0) is 9.59 Å². The van der Waals surface area contributed by atoms with Gasteiger partial charge in [0.25, 0.3) is 11.7 Å². The molecule has 1 unspecified atom stereocenters. The van der Waals surface area contributed by atoms with E-state index in [1.807, 2.05) is 67.5 Å². The molecule has 1 aliphatic rings. The Bertz CT molecular complexity index is 1270. The number of aliphatic hydroxyl groups excluding tert-OH is 1. The van der Waals surface area contributed by atoms with Gasteiger partial charge in [0.15, 0.2) is 0 Å². The fourth-order valence-electron chi connectivity index (χ4n) is 4.31. The third-order valence-corrected chi connectivity index (χ3v) is 6.04. The zero-order valence-electron chi connectivity index (χ0n) is 20.7. The quantitative estimate of drug-likeness (QED) is 0.264. The van der Waals surface area contributed by atoms with Crippen LogP contribution in [-0.4, -0.2) is 60.9 Å². The lowest BCUT2D eigenvalue weighted by Crippen LogP contribution is -2.32. The minimum atomic E-state index is -0.752. The van der Waals surface area contributed by atoms with Crippen LogP contribution in [0.25, 0.3) is 5.76 Å². The molecule has 1 amide bonds. The monoisotopic (exact) mass is 486 g/mol. The van der Waals surface area contributed by atoms with Gasteiger partial charge >= 0.3 is 0 Å². The molecule has 7 nitrogen and oxygen atoms in total. The van der Waals surface area contributed by atoms with E-state index in [2.05, 4.69) is 0 Å². The molecule has 0 saturated carbocycles. The lowest BCUT2D eigenvalue weighted by atomic mass is 9.95. The number of ether oxygens (including phenoxy) is 2. The fraction of sp³-hybridized carbons (Fsp3) is 0.241. The summed E-state index contributed by atoms with van der Waals surface area (Å²) in [5.74, 6) is 0.206. The molecule has 0 aliphatic carbocycles. The summed E-state index contributed by atoms with van der Waals surface area (Å²) < 4.78 is 11.3. The number of amides is 1. The number of rotatable bonds is 9. The summed E-state index contributed by atoms with van der Waals surface area (Å²) in [4.78, 5) is 30.0. The number of likely N-dealkylation sites (tertiary alicyclic amines) is 1. The van der Waals surface area contributed by atoms with Crippen molar-refractivity contribution in [2.24, 2.45) is 0 Å². The van der Waals surface area contributed by atoms with Gasteiger partial charge in [0.2, 0.25) is 0 Å². The highest BCUT2D eigenvalue weighted by molar-refractivity contribution is 6.46. The minimum Gasteiger partial charge on any atom is -0.507 e. The first-order chi connectivity index (χ1) is 17.4. The van der Waals surface area contributed by atoms with E-state index < -0.39 is 17.7 Å². The second kappa shape index (κ2) is 11.1. The molecule has 1 fully saturated rings. The number of benzene rings is 3. The lowest BCUT2D eigenvalue weighted by Gasteiger charge is -2.26. The van der Waals surface area contributed by atoms with E-state index in [4.69, 9.17) is 9.47 Å². The molecular weight excluding hydrogens is 456 g/mol. The van der Waals surface area contributed by atoms with Crippen molar-refractivity contribution in [3.05, 3.63) is 95.6 Å². The van der Waals surface area contributed by atoms with Crippen molar-refractivity contribution in [1.29, 1.82) is 0 Å². The summed E-state index contributed by atoms with van der Waals surface area (Å²) in [7, 11) is 5.44. The smallest absolute Gasteiger partial charge is 0.295 e. The molecule has 36 heavy (non-hydrogen) atoms. The Balaban J connectivity index is 1.78. The third kappa shape index (κ3) is 5.42. The predicted molar refractivity (Wildman–Crippen MR) is 138 cm³/mol. The van der Waals surface area contributed by atoms with E-state index in [1.165, 1.54) is 7.11 Å². The first-order valence-corrected chi connectivity index (χ1v) is 11.8. The van der Waals surface area contributed by atoms with Crippen molar-refractivity contribution in [3.8, 4) is 17.2 Å². The van der Waals surface area contributed by atoms with Crippen LogP contribution in [0.3, 0.4) is 0 Å². The maximum Gasteiger partial charge on any atom is 0.295 e. The van der Waals surface area contributed by atoms with Crippen LogP contribution in [0.5, 0.6) is 17.2 Å². The van der Waals surface area contributed by atoms with Gasteiger partial charge in [-0.25, -0.2) is 0 Å². The van der Waals surface area contributed by atoms with Gasteiger partial charge in [-0.1, -0.05) is 42.5 Å². The molecule has 1 aliphatic heterocycles. The molecule has 4 rings (SSSR count). The molecular formula is C29H30N2O5. The Morgan fingerprint density at radius 2 is 1.61 bits per heavy atom. The number of aliphatic hydroxyl groups is 1. The van der Waals surface area contributed by atoms with Crippen molar-refractivity contribution >= 4 is 17.4 Å². The van der Waals surface area contributed by atoms with E-state index in [9.17, 15) is 14.7 Å². The number of nitrogens with zero attached hydrogens (tertiary/aromatic N) is 2. The summed E-state index contributed by atoms with van der Waals surface area (Å²) in [6, 6.07) is 22.7. The van der Waals surface area contributed by atoms with Gasteiger partial charge < -0.3 is 24.4 Å². The Hall–Kier alpha value is -4.10. The van der Waals surface area contributed by atoms with E-state index >= 15 is 0 Å². The van der Waals surface area contributed by atoms with Crippen molar-refractivity contribution in [2.45, 2.75) is 12.5 Å². The van der Waals surface area contributed by atoms with Gasteiger partial charge in [-0.05, 0) is 69.0 Å². The summed E-state index contributed by atoms with van der Waals surface area (Å²) in [6.45, 7) is 1.12. The van der Waals surface area contributed by atoms with Crippen LogP contribution in [0.15, 0.2) is 84.4 Å². The Morgan fingerprint density at radius 3 is 2.33 bits per heavy atom. The van der Waals surface area contributed by atoms with Crippen LogP contribution >= 0.6 is 0 Å². The standard InChI is InChI=1S/C29H30N2O5/c1-30(2)16-9-17-31-26(20-10-7-15-24(18-20)36-22-12-5-4-6-13-22)25(28(33)29(31)34)27(32)21-11-8-14-23(19-21)35-3/h4-8,10-15,18-19,26,32H,9,16-17H2,1-3H3/b27-25+. The predicted octanol–water partition coefficient (Wildman–Crippen LogP) is 4.86. The topological polar surface area (TPSA) is 79.3 Å². The highest BCUT2D eigenvalue weighted by Gasteiger charge is 2.46. The van der Waals surface area contributed by atoms with Crippen molar-refractivity contribution in [1.82, 2.24) is 9.80 Å². The van der Waals surface area contributed by atoms with Gasteiger partial charge in [0.1, 0.15) is 23.0 Å². The molecule has 0 bridgehead atoms. The number of carbonyl (C=O) groups is 2. The molecule has 3 aromatic carbocycles. The van der Waals surface area contributed by atoms with E-state index in [0.29, 0.717) is 41.3 Å². The number of para-hydroxylation sites is 1. The minimum absolute atomic E-state index is 0.0509. The number of hydrogen-bond acceptors (Lipinski definition) is 6. The largest absolute Gasteiger partial charge is 0.507 e. The van der Waals surface area contributed by atoms with E-state index in [-0.39, 0.29) is 11.3 Å². The van der Waals surface area contributed by atoms with Gasteiger partial charge in [0.05, 0.1) is 18.7 Å². The van der Waals surface area contributed by atoms with Crippen LogP contribution in [0, 0.1) is 0 Å². The van der Waals surface area contributed by atoms with Crippen molar-refractivity contribution in [3.63, 3.8) is 0 Å². The first kappa shape index (κ1) is 25.0. The van der Waals surface area contributed by atoms with Crippen LogP contribution < -0.4 is 9.47 Å². The first-order valence-electron chi connectivity index (χ1n) is 11.8. The van der Waals surface area contributed by atoms with Gasteiger partial charge in [-0.2, -0.15) is 0 Å². The summed E-state index contributed by atoms with van der Waals surface area (Å²) in [5, 5.41) is 11.3. The van der Waals surface area contributed by atoms with E-state index in [1.54, 1.807) is 35.2 Å². The number of methoxy groups -OCH3 is 1. The number of Topliss-reactive ketones (excluding diaryl/α,β-unsaturated/α-hetero) is 1.